The molecule has 152 valence electrons. The average molecular weight is 427 g/mol. The second kappa shape index (κ2) is 6.96. The maximum Gasteiger partial charge on any atom is 0.256 e. The minimum absolute atomic E-state index is 0.0318. The Kier molecular flexibility index (Phi) is 4.37. The minimum Gasteiger partial charge on any atom is -0.373 e. The van der Waals surface area contributed by atoms with Gasteiger partial charge in [-0.15, -0.1) is 11.3 Å². The van der Waals surface area contributed by atoms with Crippen molar-refractivity contribution in [2.24, 2.45) is 0 Å². The molecular formula is C21H15F2N3O3S. The molecule has 0 saturated heterocycles. The number of aromatic amines is 1. The van der Waals surface area contributed by atoms with E-state index in [1.165, 1.54) is 16.2 Å². The van der Waals surface area contributed by atoms with Crippen LogP contribution in [0.5, 0.6) is 0 Å². The highest BCUT2D eigenvalue weighted by molar-refractivity contribution is 7.16. The summed E-state index contributed by atoms with van der Waals surface area (Å²) in [4.78, 5) is 34.0. The maximum atomic E-state index is 14.0. The lowest BCUT2D eigenvalue weighted by Crippen LogP contribution is -2.37. The number of nitrogens with one attached hydrogen (secondary N) is 1. The lowest BCUT2D eigenvalue weighted by Gasteiger charge is -2.34. The van der Waals surface area contributed by atoms with Gasteiger partial charge >= 0.3 is 0 Å². The summed E-state index contributed by atoms with van der Waals surface area (Å²) in [5.41, 5.74) is 3.37. The number of benzene rings is 2. The van der Waals surface area contributed by atoms with Crippen molar-refractivity contribution in [3.63, 3.8) is 0 Å². The van der Waals surface area contributed by atoms with E-state index in [9.17, 15) is 18.4 Å². The molecule has 0 aliphatic carbocycles. The third kappa shape index (κ3) is 2.89. The molecule has 0 saturated carbocycles. The van der Waals surface area contributed by atoms with Gasteiger partial charge < -0.3 is 14.6 Å². The van der Waals surface area contributed by atoms with E-state index in [0.29, 0.717) is 16.8 Å². The van der Waals surface area contributed by atoms with Gasteiger partial charge in [0.15, 0.2) is 11.6 Å². The Bertz CT molecular complexity index is 1380. The standard InChI is InChI=1S/C21H15F2N3O3S/c1-26(21(28)10-2-3-18-15(4-10)24-9-30-18)17-8-29-7-16-19(17)11-5-13(22)14(23)6-12(11)20(27)25-16/h2-6,9,17H,7-8H2,1H3,(H,25,27)/t17-/m0/s1. The summed E-state index contributed by atoms with van der Waals surface area (Å²) in [6.45, 7) is 0.275. The van der Waals surface area contributed by atoms with Crippen LogP contribution in [0.4, 0.5) is 8.78 Å². The molecule has 0 radical (unpaired) electrons. The molecule has 1 amide bonds. The molecule has 9 heteroatoms. The number of fused-ring (bicyclic) bond motifs is 4. The van der Waals surface area contributed by atoms with Crippen molar-refractivity contribution in [3.8, 4) is 0 Å². The van der Waals surface area contributed by atoms with Gasteiger partial charge in [0.25, 0.3) is 11.5 Å². The van der Waals surface area contributed by atoms with E-state index in [1.54, 1.807) is 24.7 Å². The minimum atomic E-state index is -1.10. The number of carbonyl (C=O) groups is 1. The number of rotatable bonds is 2. The number of pyridine rings is 1. The van der Waals surface area contributed by atoms with Crippen molar-refractivity contribution in [1.29, 1.82) is 0 Å². The normalized spacial score (nSPS) is 16.0. The Hall–Kier alpha value is -3.17. The molecule has 1 aliphatic heterocycles. The Morgan fingerprint density at radius 2 is 2.00 bits per heavy atom. The molecule has 1 aliphatic rings. The Morgan fingerprint density at radius 1 is 1.23 bits per heavy atom. The largest absolute Gasteiger partial charge is 0.373 e. The summed E-state index contributed by atoms with van der Waals surface area (Å²) >= 11 is 1.48. The van der Waals surface area contributed by atoms with Crippen LogP contribution >= 0.6 is 11.3 Å². The highest BCUT2D eigenvalue weighted by Crippen LogP contribution is 2.34. The molecule has 1 N–H and O–H groups in total. The van der Waals surface area contributed by atoms with E-state index in [2.05, 4.69) is 9.97 Å². The van der Waals surface area contributed by atoms with E-state index < -0.39 is 23.2 Å². The van der Waals surface area contributed by atoms with Crippen molar-refractivity contribution in [2.75, 3.05) is 13.7 Å². The molecule has 30 heavy (non-hydrogen) atoms. The first-order chi connectivity index (χ1) is 14.4. The summed E-state index contributed by atoms with van der Waals surface area (Å²) in [6, 6.07) is 6.59. The van der Waals surface area contributed by atoms with Gasteiger partial charge in [0, 0.05) is 23.9 Å². The Labute approximate surface area is 172 Å². The lowest BCUT2D eigenvalue weighted by molar-refractivity contribution is 0.0336. The van der Waals surface area contributed by atoms with Crippen LogP contribution in [0.1, 0.15) is 27.7 Å². The van der Waals surface area contributed by atoms with Crippen molar-refractivity contribution < 1.29 is 18.3 Å². The van der Waals surface area contributed by atoms with Gasteiger partial charge in [0.2, 0.25) is 0 Å². The molecule has 2 aromatic heterocycles. The topological polar surface area (TPSA) is 75.3 Å². The number of amides is 1. The number of H-pyrrole nitrogens is 1. The number of aromatic nitrogens is 2. The van der Waals surface area contributed by atoms with Crippen molar-refractivity contribution >= 4 is 38.2 Å². The van der Waals surface area contributed by atoms with Crippen LogP contribution in [0.2, 0.25) is 0 Å². The van der Waals surface area contributed by atoms with Crippen LogP contribution in [0.15, 0.2) is 40.6 Å². The van der Waals surface area contributed by atoms with Crippen molar-refractivity contribution in [3.05, 3.63) is 74.7 Å². The zero-order chi connectivity index (χ0) is 21.0. The van der Waals surface area contributed by atoms with E-state index in [-0.39, 0.29) is 29.9 Å². The highest BCUT2D eigenvalue weighted by atomic mass is 32.1. The molecule has 0 unspecified atom stereocenters. The van der Waals surface area contributed by atoms with Crippen LogP contribution in [-0.4, -0.2) is 34.4 Å². The summed E-state index contributed by atoms with van der Waals surface area (Å²) in [5.74, 6) is -2.42. The number of hydrogen-bond donors (Lipinski definition) is 1. The van der Waals surface area contributed by atoms with Crippen LogP contribution in [0.3, 0.4) is 0 Å². The summed E-state index contributed by atoms with van der Waals surface area (Å²) < 4.78 is 34.3. The Morgan fingerprint density at radius 3 is 2.80 bits per heavy atom. The first kappa shape index (κ1) is 18.8. The SMILES string of the molecule is CN(C(=O)c1ccc2scnc2c1)[C@H]1COCc2[nH]c(=O)c3cc(F)c(F)cc3c21. The molecule has 5 rings (SSSR count). The van der Waals surface area contributed by atoms with Gasteiger partial charge in [-0.2, -0.15) is 0 Å². The predicted molar refractivity (Wildman–Crippen MR) is 109 cm³/mol. The van der Waals surface area contributed by atoms with Gasteiger partial charge in [-0.25, -0.2) is 13.8 Å². The second-order valence-electron chi connectivity index (χ2n) is 7.14. The highest BCUT2D eigenvalue weighted by Gasteiger charge is 2.31. The molecule has 4 aromatic rings. The number of hydrogen-bond acceptors (Lipinski definition) is 5. The average Bonchev–Trinajstić information content (AvgIpc) is 3.21. The molecule has 6 nitrogen and oxygen atoms in total. The molecular weight excluding hydrogens is 412 g/mol. The fourth-order valence-corrected chi connectivity index (χ4v) is 4.54. The molecule has 0 spiro atoms. The van der Waals surface area contributed by atoms with E-state index in [4.69, 9.17) is 4.74 Å². The number of halogens is 2. The van der Waals surface area contributed by atoms with Gasteiger partial charge in [-0.3, -0.25) is 9.59 Å². The first-order valence-corrected chi connectivity index (χ1v) is 10.0. The molecule has 1 atom stereocenters. The predicted octanol–water partition coefficient (Wildman–Crippen LogP) is 3.76. The zero-order valence-corrected chi connectivity index (χ0v) is 16.6. The van der Waals surface area contributed by atoms with Gasteiger partial charge in [0.1, 0.15) is 0 Å². The molecule has 0 bridgehead atoms. The van der Waals surface area contributed by atoms with Gasteiger partial charge in [-0.05, 0) is 35.7 Å². The van der Waals surface area contributed by atoms with Crippen LogP contribution in [-0.2, 0) is 11.3 Å². The van der Waals surface area contributed by atoms with E-state index >= 15 is 0 Å². The maximum absolute atomic E-state index is 14.0. The lowest BCUT2D eigenvalue weighted by atomic mass is 9.95. The summed E-state index contributed by atoms with van der Waals surface area (Å²) in [6.07, 6.45) is 0. The quantitative estimate of drug-likeness (QED) is 0.529. The third-order valence-corrected chi connectivity index (χ3v) is 6.22. The monoisotopic (exact) mass is 427 g/mol. The van der Waals surface area contributed by atoms with Crippen LogP contribution in [0.25, 0.3) is 21.0 Å². The van der Waals surface area contributed by atoms with Crippen LogP contribution < -0.4 is 5.56 Å². The summed E-state index contributed by atoms with van der Waals surface area (Å²) in [5, 5.41) is 0.305. The molecule has 0 fully saturated rings. The van der Waals surface area contributed by atoms with E-state index in [0.717, 1.165) is 22.3 Å². The van der Waals surface area contributed by atoms with Gasteiger partial charge in [0.05, 0.1) is 40.4 Å². The third-order valence-electron chi connectivity index (χ3n) is 5.41. The van der Waals surface area contributed by atoms with Crippen molar-refractivity contribution in [1.82, 2.24) is 14.9 Å². The number of ether oxygens (including phenoxy) is 1. The molecule has 2 aromatic carbocycles. The number of nitrogens with zero attached hydrogens (tertiary/aromatic N) is 2. The first-order valence-electron chi connectivity index (χ1n) is 9.16. The number of likely N-dealkylation sites (N-methyl/N-ethyl adjacent to an activating group) is 1. The second-order valence-corrected chi connectivity index (χ2v) is 8.03. The number of thiazole rings is 1. The Balaban J connectivity index is 1.62. The zero-order valence-electron chi connectivity index (χ0n) is 15.7. The summed E-state index contributed by atoms with van der Waals surface area (Å²) in [7, 11) is 1.62. The van der Waals surface area contributed by atoms with Crippen LogP contribution in [0, 0.1) is 11.6 Å². The fraction of sp³-hybridized carbons (Fsp3) is 0.190. The van der Waals surface area contributed by atoms with Crippen molar-refractivity contribution in [2.45, 2.75) is 12.6 Å². The number of carbonyl (C=O) groups excluding carboxylic acids is 1. The molecule has 3 heterocycles. The smallest absolute Gasteiger partial charge is 0.256 e. The van der Waals surface area contributed by atoms with E-state index in [1.807, 2.05) is 6.07 Å². The fourth-order valence-electron chi connectivity index (χ4n) is 3.88. The van der Waals surface area contributed by atoms with Gasteiger partial charge in [-0.1, -0.05) is 0 Å².